The molecule has 134 valence electrons. The van der Waals surface area contributed by atoms with Crippen molar-refractivity contribution in [3.05, 3.63) is 63.6 Å². The Morgan fingerprint density at radius 1 is 1.00 bits per heavy atom. The minimum atomic E-state index is -3.46. The van der Waals surface area contributed by atoms with E-state index in [1.165, 1.54) is 0 Å². The van der Waals surface area contributed by atoms with Crippen LogP contribution in [0.25, 0.3) is 0 Å². The molecule has 1 fully saturated rings. The van der Waals surface area contributed by atoms with Gasteiger partial charge in [0.1, 0.15) is 0 Å². The van der Waals surface area contributed by atoms with Crippen molar-refractivity contribution in [2.24, 2.45) is 7.05 Å². The Bertz CT molecular complexity index is 919. The second-order valence-corrected chi connectivity index (χ2v) is 8.85. The molecule has 0 aliphatic carbocycles. The molecule has 0 unspecified atom stereocenters. The Morgan fingerprint density at radius 2 is 1.60 bits per heavy atom. The minimum absolute atomic E-state index is 0.0252. The maximum absolute atomic E-state index is 12.9. The number of nitrogens with zero attached hydrogens (tertiary/aromatic N) is 2. The van der Waals surface area contributed by atoms with Crippen molar-refractivity contribution in [3.8, 4) is 0 Å². The van der Waals surface area contributed by atoms with E-state index in [-0.39, 0.29) is 11.5 Å². The number of aromatic nitrogens is 1. The zero-order valence-corrected chi connectivity index (χ0v) is 15.7. The third kappa shape index (κ3) is 3.70. The van der Waals surface area contributed by atoms with Gasteiger partial charge in [0.05, 0.1) is 4.90 Å². The Balaban J connectivity index is 1.77. The van der Waals surface area contributed by atoms with Crippen LogP contribution < -0.4 is 5.56 Å². The lowest BCUT2D eigenvalue weighted by molar-refractivity contribution is 0.319. The number of rotatable bonds is 3. The van der Waals surface area contributed by atoms with Crippen LogP contribution in [0.3, 0.4) is 0 Å². The molecule has 1 saturated heterocycles. The van der Waals surface area contributed by atoms with Crippen LogP contribution in [0.1, 0.15) is 35.4 Å². The molecule has 0 spiro atoms. The minimum Gasteiger partial charge on any atom is -0.319 e. The number of pyridine rings is 1. The second kappa shape index (κ2) is 6.77. The zero-order valence-electron chi connectivity index (χ0n) is 14.9. The maximum atomic E-state index is 12.9. The van der Waals surface area contributed by atoms with Crippen molar-refractivity contribution >= 4 is 10.0 Å². The van der Waals surface area contributed by atoms with E-state index < -0.39 is 10.0 Å². The fourth-order valence-electron chi connectivity index (χ4n) is 3.48. The van der Waals surface area contributed by atoms with Crippen LogP contribution in [0.2, 0.25) is 0 Å². The highest BCUT2D eigenvalue weighted by atomic mass is 32.2. The molecular formula is C19H24N2O3S. The summed E-state index contributed by atoms with van der Waals surface area (Å²) in [6.07, 6.45) is 3.24. The first kappa shape index (κ1) is 17.9. The summed E-state index contributed by atoms with van der Waals surface area (Å²) in [7, 11) is -1.73. The molecule has 1 aromatic heterocycles. The highest BCUT2D eigenvalue weighted by Crippen LogP contribution is 2.30. The monoisotopic (exact) mass is 360 g/mol. The topological polar surface area (TPSA) is 59.4 Å². The van der Waals surface area contributed by atoms with Crippen molar-refractivity contribution in [1.82, 2.24) is 8.87 Å². The van der Waals surface area contributed by atoms with E-state index in [0.717, 1.165) is 29.5 Å². The summed E-state index contributed by atoms with van der Waals surface area (Å²) in [5, 5.41) is 0. The Morgan fingerprint density at radius 3 is 2.16 bits per heavy atom. The molecule has 0 atom stereocenters. The van der Waals surface area contributed by atoms with Crippen LogP contribution >= 0.6 is 0 Å². The predicted octanol–water partition coefficient (Wildman–Crippen LogP) is 2.57. The largest absolute Gasteiger partial charge is 0.319 e. The van der Waals surface area contributed by atoms with Gasteiger partial charge in [-0.3, -0.25) is 4.79 Å². The van der Waals surface area contributed by atoms with Gasteiger partial charge in [0.25, 0.3) is 5.56 Å². The molecule has 2 heterocycles. The molecule has 0 saturated carbocycles. The van der Waals surface area contributed by atoms with E-state index in [1.54, 1.807) is 40.3 Å². The van der Waals surface area contributed by atoms with Crippen molar-refractivity contribution in [2.45, 2.75) is 37.5 Å². The van der Waals surface area contributed by atoms with Gasteiger partial charge < -0.3 is 4.57 Å². The van der Waals surface area contributed by atoms with Gasteiger partial charge in [-0.05, 0) is 67.5 Å². The fourth-order valence-corrected chi connectivity index (χ4v) is 5.14. The van der Waals surface area contributed by atoms with Crippen LogP contribution in [-0.2, 0) is 17.1 Å². The van der Waals surface area contributed by atoms with Gasteiger partial charge in [-0.1, -0.05) is 6.07 Å². The van der Waals surface area contributed by atoms with Gasteiger partial charge >= 0.3 is 0 Å². The summed E-state index contributed by atoms with van der Waals surface area (Å²) in [5.41, 5.74) is 2.89. The Kier molecular flexibility index (Phi) is 4.84. The summed E-state index contributed by atoms with van der Waals surface area (Å²) in [5.74, 6) is 0.236. The van der Waals surface area contributed by atoms with Crippen molar-refractivity contribution < 1.29 is 8.42 Å². The maximum Gasteiger partial charge on any atom is 0.250 e. The SMILES string of the molecule is Cc1cc(C)cc(S(=O)(=O)N2CCC(c3ccn(C)c(=O)c3)CC2)c1. The third-order valence-corrected chi connectivity index (χ3v) is 6.76. The molecule has 3 rings (SSSR count). The zero-order chi connectivity index (χ0) is 18.2. The molecule has 1 aromatic carbocycles. The molecule has 2 aromatic rings. The molecule has 5 nitrogen and oxygen atoms in total. The predicted molar refractivity (Wildman–Crippen MR) is 98.3 cm³/mol. The number of hydrogen-bond acceptors (Lipinski definition) is 3. The summed E-state index contributed by atoms with van der Waals surface area (Å²) >= 11 is 0. The normalized spacial score (nSPS) is 16.9. The summed E-state index contributed by atoms with van der Waals surface area (Å²) in [4.78, 5) is 12.2. The van der Waals surface area contributed by atoms with Crippen molar-refractivity contribution in [2.75, 3.05) is 13.1 Å². The molecule has 0 amide bonds. The number of sulfonamides is 1. The highest BCUT2D eigenvalue weighted by Gasteiger charge is 2.30. The molecular weight excluding hydrogens is 336 g/mol. The van der Waals surface area contributed by atoms with Crippen LogP contribution in [0.5, 0.6) is 0 Å². The molecule has 1 aliphatic heterocycles. The highest BCUT2D eigenvalue weighted by molar-refractivity contribution is 7.89. The fraction of sp³-hybridized carbons (Fsp3) is 0.421. The second-order valence-electron chi connectivity index (χ2n) is 6.91. The van der Waals surface area contributed by atoms with E-state index in [2.05, 4.69) is 0 Å². The molecule has 0 bridgehead atoms. The average molecular weight is 360 g/mol. The first-order chi connectivity index (χ1) is 11.8. The number of piperidine rings is 1. The molecule has 25 heavy (non-hydrogen) atoms. The molecule has 0 N–H and O–H groups in total. The molecule has 6 heteroatoms. The first-order valence-corrected chi connectivity index (χ1v) is 9.96. The van der Waals surface area contributed by atoms with E-state index in [0.29, 0.717) is 18.0 Å². The van der Waals surface area contributed by atoms with Crippen molar-refractivity contribution in [1.29, 1.82) is 0 Å². The van der Waals surface area contributed by atoms with Crippen LogP contribution in [0.4, 0.5) is 0 Å². The van der Waals surface area contributed by atoms with Gasteiger partial charge in [0, 0.05) is 32.4 Å². The van der Waals surface area contributed by atoms with Crippen LogP contribution in [-0.4, -0.2) is 30.4 Å². The van der Waals surface area contributed by atoms with Gasteiger partial charge in [-0.15, -0.1) is 0 Å². The lowest BCUT2D eigenvalue weighted by Crippen LogP contribution is -2.38. The van der Waals surface area contributed by atoms with E-state index in [1.807, 2.05) is 26.0 Å². The van der Waals surface area contributed by atoms with Crippen molar-refractivity contribution in [3.63, 3.8) is 0 Å². The van der Waals surface area contributed by atoms with E-state index in [9.17, 15) is 13.2 Å². The lowest BCUT2D eigenvalue weighted by atomic mass is 9.91. The third-order valence-electron chi connectivity index (χ3n) is 4.89. The summed E-state index contributed by atoms with van der Waals surface area (Å²) in [6.45, 7) is 4.78. The number of aryl methyl sites for hydroxylation is 3. The van der Waals surface area contributed by atoms with Gasteiger partial charge in [0.15, 0.2) is 0 Å². The first-order valence-electron chi connectivity index (χ1n) is 8.52. The number of hydrogen-bond donors (Lipinski definition) is 0. The summed E-state index contributed by atoms with van der Waals surface area (Å²) < 4.78 is 28.9. The van der Waals surface area contributed by atoms with Crippen LogP contribution in [0.15, 0.2) is 46.2 Å². The van der Waals surface area contributed by atoms with Gasteiger partial charge in [-0.25, -0.2) is 8.42 Å². The van der Waals surface area contributed by atoms with Crippen LogP contribution in [0, 0.1) is 13.8 Å². The standard InChI is InChI=1S/C19H24N2O3S/c1-14-10-15(2)12-18(11-14)25(23,24)21-8-5-16(6-9-21)17-4-7-20(3)19(22)13-17/h4,7,10-13,16H,5-6,8-9H2,1-3H3. The Labute approximate surface area is 149 Å². The quantitative estimate of drug-likeness (QED) is 0.845. The molecule has 1 aliphatic rings. The summed E-state index contributed by atoms with van der Waals surface area (Å²) in [6, 6.07) is 9.06. The van der Waals surface area contributed by atoms with Gasteiger partial charge in [-0.2, -0.15) is 4.31 Å². The smallest absolute Gasteiger partial charge is 0.250 e. The Hall–Kier alpha value is -1.92. The van der Waals surface area contributed by atoms with Gasteiger partial charge in [0.2, 0.25) is 10.0 Å². The number of benzene rings is 1. The average Bonchev–Trinajstić information content (AvgIpc) is 2.56. The van der Waals surface area contributed by atoms with E-state index in [4.69, 9.17) is 0 Å². The lowest BCUT2D eigenvalue weighted by Gasteiger charge is -2.31. The van der Waals surface area contributed by atoms with E-state index >= 15 is 0 Å². The molecule has 0 radical (unpaired) electrons.